The molecule has 0 saturated heterocycles. The van der Waals surface area contributed by atoms with E-state index in [2.05, 4.69) is 0 Å². The first-order valence-electron chi connectivity index (χ1n) is 5.22. The maximum atomic E-state index is 13.6. The van der Waals surface area contributed by atoms with Crippen molar-refractivity contribution in [2.45, 2.75) is 18.3 Å². The molecule has 0 heterocycles. The fourth-order valence-corrected chi connectivity index (χ4v) is 1.72. The zero-order valence-electron chi connectivity index (χ0n) is 10.3. The van der Waals surface area contributed by atoms with Gasteiger partial charge in [-0.2, -0.15) is 31.6 Å². The van der Waals surface area contributed by atoms with Gasteiger partial charge in [-0.15, -0.1) is 0 Å². The van der Waals surface area contributed by atoms with E-state index in [9.17, 15) is 44.3 Å². The van der Waals surface area contributed by atoms with Crippen molar-refractivity contribution >= 4 is 5.97 Å². The summed E-state index contributed by atoms with van der Waals surface area (Å²) in [6.45, 7) is 0. The molecule has 1 rings (SSSR count). The quantitative estimate of drug-likeness (QED) is 0.651. The van der Waals surface area contributed by atoms with Gasteiger partial charge in [0, 0.05) is 5.56 Å². The minimum absolute atomic E-state index is 0.630. The normalized spacial score (nSPS) is 13.6. The summed E-state index contributed by atoms with van der Waals surface area (Å²) in [5, 5.41) is 17.0. The Balaban J connectivity index is 4.08. The molecule has 0 aliphatic rings. The Hall–Kier alpha value is -2.45. The standard InChI is InChI=1S/C11H2F9NO2/c12-6-3(2(1-21)9(22)23)4(10(15,16)17)7(13)5(8(6)14)11(18,19)20/h2H,(H,22,23). The van der Waals surface area contributed by atoms with Crippen LogP contribution in [-0.2, 0) is 17.1 Å². The van der Waals surface area contributed by atoms with Crippen molar-refractivity contribution in [1.29, 1.82) is 5.26 Å². The molecule has 126 valence electrons. The zero-order valence-corrected chi connectivity index (χ0v) is 10.3. The van der Waals surface area contributed by atoms with Gasteiger partial charge in [0.25, 0.3) is 0 Å². The van der Waals surface area contributed by atoms with Crippen LogP contribution in [0.5, 0.6) is 0 Å². The van der Waals surface area contributed by atoms with E-state index in [1.54, 1.807) is 0 Å². The molecule has 0 bridgehead atoms. The molecule has 0 radical (unpaired) electrons. The lowest BCUT2D eigenvalue weighted by molar-refractivity contribution is -0.150. The van der Waals surface area contributed by atoms with Gasteiger partial charge in [-0.25, -0.2) is 13.2 Å². The van der Waals surface area contributed by atoms with E-state index in [0.717, 1.165) is 0 Å². The SMILES string of the molecule is N#CC(C(=O)O)c1c(F)c(F)c(C(F)(F)F)c(F)c1C(F)(F)F. The summed E-state index contributed by atoms with van der Waals surface area (Å²) in [6, 6.07) is 0.630. The molecular weight excluding hydrogens is 349 g/mol. The number of hydrogen-bond acceptors (Lipinski definition) is 2. The number of hydrogen-bond donors (Lipinski definition) is 1. The van der Waals surface area contributed by atoms with Crippen molar-refractivity contribution in [3.05, 3.63) is 34.1 Å². The first-order chi connectivity index (χ1) is 10.2. The smallest absolute Gasteiger partial charge is 0.422 e. The topological polar surface area (TPSA) is 61.1 Å². The first-order valence-corrected chi connectivity index (χ1v) is 5.22. The van der Waals surface area contributed by atoms with E-state index in [-0.39, 0.29) is 0 Å². The minimum Gasteiger partial charge on any atom is -0.480 e. The van der Waals surface area contributed by atoms with Crippen LogP contribution in [0.15, 0.2) is 0 Å². The third-order valence-electron chi connectivity index (χ3n) is 2.59. The predicted octanol–water partition coefficient (Wildman–Crippen LogP) is 3.83. The molecule has 0 amide bonds. The van der Waals surface area contributed by atoms with Crippen LogP contribution in [0.4, 0.5) is 39.5 Å². The number of rotatable bonds is 2. The number of halogens is 9. The van der Waals surface area contributed by atoms with E-state index in [4.69, 9.17) is 10.4 Å². The van der Waals surface area contributed by atoms with Crippen LogP contribution in [0.1, 0.15) is 22.6 Å². The highest BCUT2D eigenvalue weighted by Crippen LogP contribution is 2.44. The second-order valence-corrected chi connectivity index (χ2v) is 4.00. The number of nitriles is 1. The van der Waals surface area contributed by atoms with Gasteiger partial charge in [-0.3, -0.25) is 4.79 Å². The predicted molar refractivity (Wildman–Crippen MR) is 52.3 cm³/mol. The lowest BCUT2D eigenvalue weighted by Gasteiger charge is -2.20. The molecule has 0 aromatic heterocycles. The average molecular weight is 351 g/mol. The van der Waals surface area contributed by atoms with Crippen molar-refractivity contribution in [2.24, 2.45) is 0 Å². The average Bonchev–Trinajstić information content (AvgIpc) is 2.32. The number of nitrogens with zero attached hydrogens (tertiary/aromatic N) is 1. The maximum absolute atomic E-state index is 13.6. The monoisotopic (exact) mass is 351 g/mol. The van der Waals surface area contributed by atoms with Gasteiger partial charge in [-0.05, 0) is 0 Å². The number of aliphatic carboxylic acids is 1. The van der Waals surface area contributed by atoms with Crippen molar-refractivity contribution in [3.8, 4) is 6.07 Å². The van der Waals surface area contributed by atoms with Crippen molar-refractivity contribution in [3.63, 3.8) is 0 Å². The van der Waals surface area contributed by atoms with Crippen LogP contribution in [0.25, 0.3) is 0 Å². The first kappa shape index (κ1) is 18.6. The highest BCUT2D eigenvalue weighted by atomic mass is 19.4. The zero-order chi connectivity index (χ0) is 18.3. The third-order valence-corrected chi connectivity index (χ3v) is 2.59. The van der Waals surface area contributed by atoms with Crippen LogP contribution < -0.4 is 0 Å². The van der Waals surface area contributed by atoms with E-state index in [0.29, 0.717) is 6.07 Å². The molecule has 23 heavy (non-hydrogen) atoms. The van der Waals surface area contributed by atoms with Crippen LogP contribution in [-0.4, -0.2) is 11.1 Å². The van der Waals surface area contributed by atoms with E-state index >= 15 is 0 Å². The van der Waals surface area contributed by atoms with Gasteiger partial charge in [0.05, 0.1) is 6.07 Å². The van der Waals surface area contributed by atoms with Crippen LogP contribution in [0.3, 0.4) is 0 Å². The fraction of sp³-hybridized carbons (Fsp3) is 0.273. The Morgan fingerprint density at radius 2 is 1.35 bits per heavy atom. The van der Waals surface area contributed by atoms with Gasteiger partial charge >= 0.3 is 18.3 Å². The molecule has 3 nitrogen and oxygen atoms in total. The highest BCUT2D eigenvalue weighted by molar-refractivity contribution is 5.80. The second-order valence-electron chi connectivity index (χ2n) is 4.00. The Bertz CT molecular complexity index is 700. The summed E-state index contributed by atoms with van der Waals surface area (Å²) >= 11 is 0. The van der Waals surface area contributed by atoms with Gasteiger partial charge in [0.2, 0.25) is 0 Å². The highest BCUT2D eigenvalue weighted by Gasteiger charge is 2.50. The molecule has 0 aliphatic carbocycles. The lowest BCUT2D eigenvalue weighted by Crippen LogP contribution is -2.25. The number of benzene rings is 1. The van der Waals surface area contributed by atoms with Gasteiger partial charge in [0.1, 0.15) is 11.1 Å². The molecule has 1 atom stereocenters. The van der Waals surface area contributed by atoms with E-state index in [1.807, 2.05) is 0 Å². The Morgan fingerprint density at radius 3 is 1.65 bits per heavy atom. The molecule has 0 aliphatic heterocycles. The van der Waals surface area contributed by atoms with Crippen LogP contribution in [0.2, 0.25) is 0 Å². The number of carboxylic acid groups (broad SMARTS) is 1. The van der Waals surface area contributed by atoms with E-state index in [1.165, 1.54) is 0 Å². The van der Waals surface area contributed by atoms with Crippen LogP contribution >= 0.6 is 0 Å². The number of carbonyl (C=O) groups is 1. The summed E-state index contributed by atoms with van der Waals surface area (Å²) in [7, 11) is 0. The molecule has 12 heteroatoms. The lowest BCUT2D eigenvalue weighted by atomic mass is 9.91. The number of alkyl halides is 6. The summed E-state index contributed by atoms with van der Waals surface area (Å²) in [5.74, 6) is -14.7. The second kappa shape index (κ2) is 5.64. The number of carboxylic acids is 1. The van der Waals surface area contributed by atoms with Gasteiger partial charge in [0.15, 0.2) is 23.4 Å². The maximum Gasteiger partial charge on any atom is 0.422 e. The molecule has 1 unspecified atom stereocenters. The van der Waals surface area contributed by atoms with Gasteiger partial charge in [-0.1, -0.05) is 0 Å². The Kier molecular flexibility index (Phi) is 4.56. The summed E-state index contributed by atoms with van der Waals surface area (Å²) in [6.07, 6.45) is -12.0. The Labute approximate surface area is 120 Å². The molecular formula is C11H2F9NO2. The third kappa shape index (κ3) is 3.17. The molecule has 1 N–H and O–H groups in total. The summed E-state index contributed by atoms with van der Waals surface area (Å²) in [5.41, 5.74) is -8.54. The molecule has 1 aromatic carbocycles. The van der Waals surface area contributed by atoms with Gasteiger partial charge < -0.3 is 5.11 Å². The van der Waals surface area contributed by atoms with Crippen LogP contribution in [0, 0.1) is 28.8 Å². The van der Waals surface area contributed by atoms with E-state index < -0.39 is 58.4 Å². The van der Waals surface area contributed by atoms with Crippen molar-refractivity contribution in [2.75, 3.05) is 0 Å². The largest absolute Gasteiger partial charge is 0.480 e. The summed E-state index contributed by atoms with van der Waals surface area (Å²) < 4.78 is 116. The van der Waals surface area contributed by atoms with Crippen molar-refractivity contribution < 1.29 is 49.4 Å². The Morgan fingerprint density at radius 1 is 0.913 bits per heavy atom. The molecule has 0 saturated carbocycles. The minimum atomic E-state index is -6.03. The summed E-state index contributed by atoms with van der Waals surface area (Å²) in [4.78, 5) is 10.6. The molecule has 1 aromatic rings. The van der Waals surface area contributed by atoms with Crippen molar-refractivity contribution in [1.82, 2.24) is 0 Å². The fourth-order valence-electron chi connectivity index (χ4n) is 1.72. The molecule has 0 fully saturated rings. The molecule has 0 spiro atoms.